The molecule has 0 bridgehead atoms. The molecule has 0 saturated carbocycles. The molecule has 182 valence electrons. The number of carbonyl (C=O) groups excluding carboxylic acids is 1. The van der Waals surface area contributed by atoms with E-state index >= 15 is 0 Å². The molecule has 2 aromatic carbocycles. The maximum atomic E-state index is 13.7. The van der Waals surface area contributed by atoms with Gasteiger partial charge in [-0.05, 0) is 55.3 Å². The summed E-state index contributed by atoms with van der Waals surface area (Å²) in [6.07, 6.45) is 1.50. The lowest BCUT2D eigenvalue weighted by molar-refractivity contribution is -0.128. The molecular formula is C24H30N4O5S. The summed E-state index contributed by atoms with van der Waals surface area (Å²) in [5.41, 5.74) is 0.533. The number of rotatable bonds is 10. The second-order valence-corrected chi connectivity index (χ2v) is 10.1. The van der Waals surface area contributed by atoms with Crippen molar-refractivity contribution in [1.82, 2.24) is 19.4 Å². The molecule has 34 heavy (non-hydrogen) atoms. The first kappa shape index (κ1) is 25.3. The number of aromatic nitrogens is 2. The number of benzene rings is 2. The third kappa shape index (κ3) is 5.40. The molecule has 0 radical (unpaired) electrons. The van der Waals surface area contributed by atoms with E-state index in [1.54, 1.807) is 52.3 Å². The first-order valence-electron chi connectivity index (χ1n) is 10.7. The summed E-state index contributed by atoms with van der Waals surface area (Å²) in [6, 6.07) is 15.8. The average molecular weight is 487 g/mol. The molecule has 3 aromatic rings. The fourth-order valence-corrected chi connectivity index (χ4v) is 4.72. The van der Waals surface area contributed by atoms with Crippen LogP contribution in [0.25, 0.3) is 0 Å². The van der Waals surface area contributed by atoms with Gasteiger partial charge in [0.25, 0.3) is 10.0 Å². The van der Waals surface area contributed by atoms with Crippen molar-refractivity contribution in [3.8, 4) is 11.5 Å². The van der Waals surface area contributed by atoms with Crippen molar-refractivity contribution in [2.75, 3.05) is 21.3 Å². The predicted molar refractivity (Wildman–Crippen MR) is 128 cm³/mol. The Morgan fingerprint density at radius 2 is 1.41 bits per heavy atom. The number of likely N-dealkylation sites (N-methyl/N-ethyl adjacent to an activating group) is 1. The van der Waals surface area contributed by atoms with Crippen molar-refractivity contribution < 1.29 is 22.7 Å². The van der Waals surface area contributed by atoms with Gasteiger partial charge in [-0.2, -0.15) is 9.40 Å². The molecule has 10 heteroatoms. The minimum atomic E-state index is -3.99. The van der Waals surface area contributed by atoms with Gasteiger partial charge < -0.3 is 14.8 Å². The number of amides is 1. The van der Waals surface area contributed by atoms with E-state index in [2.05, 4.69) is 10.4 Å². The predicted octanol–water partition coefficient (Wildman–Crippen LogP) is 2.77. The van der Waals surface area contributed by atoms with E-state index < -0.39 is 15.6 Å². The van der Waals surface area contributed by atoms with Crippen LogP contribution in [0.15, 0.2) is 65.8 Å². The number of carbonyl (C=O) groups is 1. The standard InChI is InChI=1S/C24H30N4O5S/c1-24(2,23(29)25-3)28-15-14-22(26-28)34(30,31)27(16-18-6-10-20(32-4)11-7-18)17-19-8-12-21(33-5)13-9-19/h6-15H,16-17H2,1-5H3,(H,25,29). The van der Waals surface area contributed by atoms with Crippen LogP contribution in [0.1, 0.15) is 25.0 Å². The second-order valence-electron chi connectivity index (χ2n) is 8.21. The third-order valence-electron chi connectivity index (χ3n) is 5.56. The van der Waals surface area contributed by atoms with Crippen LogP contribution in [0.2, 0.25) is 0 Å². The van der Waals surface area contributed by atoms with Gasteiger partial charge in [-0.15, -0.1) is 0 Å². The molecule has 1 heterocycles. The second kappa shape index (κ2) is 10.3. The molecule has 9 nitrogen and oxygen atoms in total. The molecule has 0 unspecified atom stereocenters. The quantitative estimate of drug-likeness (QED) is 0.473. The first-order chi connectivity index (χ1) is 16.1. The van der Waals surface area contributed by atoms with E-state index in [0.29, 0.717) is 11.5 Å². The monoisotopic (exact) mass is 486 g/mol. The highest BCUT2D eigenvalue weighted by molar-refractivity contribution is 7.89. The van der Waals surface area contributed by atoms with Crippen LogP contribution in [0, 0.1) is 0 Å². The summed E-state index contributed by atoms with van der Waals surface area (Å²) in [7, 11) is 0.682. The minimum Gasteiger partial charge on any atom is -0.497 e. The van der Waals surface area contributed by atoms with Crippen LogP contribution in [-0.4, -0.2) is 49.7 Å². The van der Waals surface area contributed by atoms with Gasteiger partial charge in [0, 0.05) is 26.3 Å². The van der Waals surface area contributed by atoms with Crippen LogP contribution in [0.3, 0.4) is 0 Å². The molecule has 0 atom stereocenters. The fourth-order valence-electron chi connectivity index (χ4n) is 3.39. The number of hydrogen-bond acceptors (Lipinski definition) is 6. The van der Waals surface area contributed by atoms with Gasteiger partial charge in [-0.25, -0.2) is 8.42 Å². The van der Waals surface area contributed by atoms with Gasteiger partial charge in [0.1, 0.15) is 17.0 Å². The van der Waals surface area contributed by atoms with Gasteiger partial charge in [0.2, 0.25) is 5.91 Å². The molecule has 0 aliphatic rings. The number of hydrogen-bond donors (Lipinski definition) is 1. The summed E-state index contributed by atoms with van der Waals surface area (Å²) in [5.74, 6) is 1.08. The Hall–Kier alpha value is -3.37. The van der Waals surface area contributed by atoms with Crippen LogP contribution in [-0.2, 0) is 33.4 Å². The molecule has 0 fully saturated rings. The van der Waals surface area contributed by atoms with Gasteiger partial charge in [-0.1, -0.05) is 24.3 Å². The Bertz CT molecular complexity index is 1170. The number of methoxy groups -OCH3 is 2. The summed E-state index contributed by atoms with van der Waals surface area (Å²) in [4.78, 5) is 12.3. The zero-order chi connectivity index (χ0) is 24.9. The zero-order valence-corrected chi connectivity index (χ0v) is 20.8. The summed E-state index contributed by atoms with van der Waals surface area (Å²) >= 11 is 0. The summed E-state index contributed by atoms with van der Waals surface area (Å²) in [5, 5.41) is 6.71. The summed E-state index contributed by atoms with van der Waals surface area (Å²) in [6.45, 7) is 3.59. The molecular weight excluding hydrogens is 456 g/mol. The molecule has 0 aliphatic heterocycles. The maximum absolute atomic E-state index is 13.7. The van der Waals surface area contributed by atoms with E-state index in [1.165, 1.54) is 28.3 Å². The Labute approximate surface area is 200 Å². The van der Waals surface area contributed by atoms with Gasteiger partial charge >= 0.3 is 0 Å². The molecule has 3 rings (SSSR count). The highest BCUT2D eigenvalue weighted by Gasteiger charge is 2.33. The lowest BCUT2D eigenvalue weighted by atomic mass is 10.1. The normalized spacial score (nSPS) is 11.9. The van der Waals surface area contributed by atoms with Gasteiger partial charge in [0.05, 0.1) is 14.2 Å². The average Bonchev–Trinajstić information content (AvgIpc) is 3.36. The van der Waals surface area contributed by atoms with E-state index in [4.69, 9.17) is 9.47 Å². The van der Waals surface area contributed by atoms with Gasteiger partial charge in [0.15, 0.2) is 5.03 Å². The molecule has 0 saturated heterocycles. The van der Waals surface area contributed by atoms with Crippen molar-refractivity contribution in [1.29, 1.82) is 0 Å². The third-order valence-corrected chi connectivity index (χ3v) is 7.24. The van der Waals surface area contributed by atoms with Crippen molar-refractivity contribution in [2.45, 2.75) is 37.5 Å². The number of nitrogens with zero attached hydrogens (tertiary/aromatic N) is 3. The van der Waals surface area contributed by atoms with Crippen molar-refractivity contribution in [3.05, 3.63) is 71.9 Å². The van der Waals surface area contributed by atoms with Crippen LogP contribution in [0.5, 0.6) is 11.5 Å². The Morgan fingerprint density at radius 3 is 1.82 bits per heavy atom. The molecule has 1 N–H and O–H groups in total. The smallest absolute Gasteiger partial charge is 0.262 e. The largest absolute Gasteiger partial charge is 0.497 e. The van der Waals surface area contributed by atoms with Crippen molar-refractivity contribution in [2.24, 2.45) is 0 Å². The van der Waals surface area contributed by atoms with Crippen molar-refractivity contribution >= 4 is 15.9 Å². The topological polar surface area (TPSA) is 103 Å². The van der Waals surface area contributed by atoms with E-state index in [-0.39, 0.29) is 24.0 Å². The number of ether oxygens (including phenoxy) is 2. The van der Waals surface area contributed by atoms with Crippen LogP contribution in [0.4, 0.5) is 0 Å². The fraction of sp³-hybridized carbons (Fsp3) is 0.333. The van der Waals surface area contributed by atoms with E-state index in [1.807, 2.05) is 24.3 Å². The Morgan fingerprint density at radius 1 is 0.941 bits per heavy atom. The molecule has 1 aromatic heterocycles. The highest BCUT2D eigenvalue weighted by atomic mass is 32.2. The number of nitrogens with one attached hydrogen (secondary N) is 1. The van der Waals surface area contributed by atoms with Gasteiger partial charge in [-0.3, -0.25) is 9.48 Å². The van der Waals surface area contributed by atoms with E-state index in [0.717, 1.165) is 11.1 Å². The van der Waals surface area contributed by atoms with E-state index in [9.17, 15) is 13.2 Å². The molecule has 1 amide bonds. The molecule has 0 aliphatic carbocycles. The Kier molecular flexibility index (Phi) is 7.63. The first-order valence-corrected chi connectivity index (χ1v) is 12.1. The van der Waals surface area contributed by atoms with Crippen molar-refractivity contribution in [3.63, 3.8) is 0 Å². The highest BCUT2D eigenvalue weighted by Crippen LogP contribution is 2.24. The molecule has 0 spiro atoms. The van der Waals surface area contributed by atoms with Crippen LogP contribution >= 0.6 is 0 Å². The lowest BCUT2D eigenvalue weighted by Crippen LogP contribution is -2.43. The Balaban J connectivity index is 1.96. The maximum Gasteiger partial charge on any atom is 0.262 e. The number of sulfonamides is 1. The lowest BCUT2D eigenvalue weighted by Gasteiger charge is -2.24. The van der Waals surface area contributed by atoms with Crippen LogP contribution < -0.4 is 14.8 Å². The zero-order valence-electron chi connectivity index (χ0n) is 20.0. The minimum absolute atomic E-state index is 0.129. The SMILES string of the molecule is CNC(=O)C(C)(C)n1ccc(S(=O)(=O)N(Cc2ccc(OC)cc2)Cc2ccc(OC)cc2)n1. The summed E-state index contributed by atoms with van der Waals surface area (Å²) < 4.78 is 40.5.